The van der Waals surface area contributed by atoms with Crippen molar-refractivity contribution in [2.24, 2.45) is 4.99 Å². The third-order valence-electron chi connectivity index (χ3n) is 2.68. The second-order valence-electron chi connectivity index (χ2n) is 4.39. The number of benzene rings is 1. The fourth-order valence-corrected chi connectivity index (χ4v) is 1.76. The molecule has 0 fully saturated rings. The summed E-state index contributed by atoms with van der Waals surface area (Å²) in [6, 6.07) is 6.13. The standard InChI is InChI=1S/C15H25N3O2/c1-4-16-15(17-8-9-19)18-11-13-7-6-12(3)10-14(13)20-5-2/h6-7,10,19H,4-5,8-9,11H2,1-3H3,(H2,16,17,18). The molecule has 0 spiro atoms. The van der Waals surface area contributed by atoms with Gasteiger partial charge in [-0.05, 0) is 32.4 Å². The van der Waals surface area contributed by atoms with E-state index in [1.54, 1.807) is 0 Å². The lowest BCUT2D eigenvalue weighted by molar-refractivity contribution is 0.300. The van der Waals surface area contributed by atoms with Crippen molar-refractivity contribution in [2.45, 2.75) is 27.3 Å². The molecule has 0 amide bonds. The Morgan fingerprint density at radius 3 is 2.75 bits per heavy atom. The Morgan fingerprint density at radius 2 is 2.10 bits per heavy atom. The highest BCUT2D eigenvalue weighted by atomic mass is 16.5. The number of rotatable bonds is 7. The van der Waals surface area contributed by atoms with Crippen molar-refractivity contribution in [3.63, 3.8) is 0 Å². The molecule has 5 nitrogen and oxygen atoms in total. The molecule has 112 valence electrons. The minimum atomic E-state index is 0.0825. The van der Waals surface area contributed by atoms with Gasteiger partial charge in [0.15, 0.2) is 5.96 Å². The van der Waals surface area contributed by atoms with Crippen molar-refractivity contribution < 1.29 is 9.84 Å². The van der Waals surface area contributed by atoms with E-state index in [0.29, 0.717) is 25.7 Å². The van der Waals surface area contributed by atoms with Gasteiger partial charge in [-0.15, -0.1) is 0 Å². The number of aryl methyl sites for hydroxylation is 1. The van der Waals surface area contributed by atoms with Gasteiger partial charge < -0.3 is 20.5 Å². The molecule has 0 atom stereocenters. The van der Waals surface area contributed by atoms with Crippen LogP contribution in [0.4, 0.5) is 0 Å². The maximum atomic E-state index is 8.85. The van der Waals surface area contributed by atoms with Crippen molar-refractivity contribution in [1.82, 2.24) is 10.6 Å². The lowest BCUT2D eigenvalue weighted by Gasteiger charge is -2.12. The minimum Gasteiger partial charge on any atom is -0.494 e. The molecular formula is C15H25N3O2. The number of hydrogen-bond donors (Lipinski definition) is 3. The quantitative estimate of drug-likeness (QED) is 0.522. The average Bonchev–Trinajstić information content (AvgIpc) is 2.44. The monoisotopic (exact) mass is 279 g/mol. The van der Waals surface area contributed by atoms with Crippen LogP contribution in [0.15, 0.2) is 23.2 Å². The Labute approximate surface area is 121 Å². The smallest absolute Gasteiger partial charge is 0.191 e. The summed E-state index contributed by atoms with van der Waals surface area (Å²) >= 11 is 0. The number of nitrogens with one attached hydrogen (secondary N) is 2. The molecule has 0 saturated heterocycles. The van der Waals surface area contributed by atoms with Crippen LogP contribution >= 0.6 is 0 Å². The van der Waals surface area contributed by atoms with Crippen molar-refractivity contribution >= 4 is 5.96 Å². The van der Waals surface area contributed by atoms with Crippen LogP contribution < -0.4 is 15.4 Å². The van der Waals surface area contributed by atoms with E-state index in [9.17, 15) is 0 Å². The molecule has 0 radical (unpaired) electrons. The summed E-state index contributed by atoms with van der Waals surface area (Å²) in [6.45, 7) is 8.55. The van der Waals surface area contributed by atoms with Gasteiger partial charge in [0.1, 0.15) is 5.75 Å². The first kappa shape index (κ1) is 16.3. The van der Waals surface area contributed by atoms with Gasteiger partial charge in [0, 0.05) is 18.7 Å². The van der Waals surface area contributed by atoms with Crippen LogP contribution in [0.1, 0.15) is 25.0 Å². The lowest BCUT2D eigenvalue weighted by Crippen LogP contribution is -2.38. The molecule has 0 unspecified atom stereocenters. The number of aliphatic hydroxyl groups is 1. The summed E-state index contributed by atoms with van der Waals surface area (Å²) in [4.78, 5) is 4.50. The first-order valence-electron chi connectivity index (χ1n) is 7.06. The number of ether oxygens (including phenoxy) is 1. The van der Waals surface area contributed by atoms with Crippen LogP contribution in [0.5, 0.6) is 5.75 Å². The largest absolute Gasteiger partial charge is 0.494 e. The van der Waals surface area contributed by atoms with Crippen molar-refractivity contribution in [3.8, 4) is 5.75 Å². The third-order valence-corrected chi connectivity index (χ3v) is 2.68. The normalized spacial score (nSPS) is 11.3. The average molecular weight is 279 g/mol. The second kappa shape index (κ2) is 9.20. The molecule has 0 aliphatic rings. The zero-order valence-electron chi connectivity index (χ0n) is 12.6. The molecule has 1 aromatic rings. The molecule has 1 aromatic carbocycles. The fraction of sp³-hybridized carbons (Fsp3) is 0.533. The van der Waals surface area contributed by atoms with Gasteiger partial charge in [-0.2, -0.15) is 0 Å². The lowest BCUT2D eigenvalue weighted by atomic mass is 10.1. The Hall–Kier alpha value is -1.75. The number of hydrogen-bond acceptors (Lipinski definition) is 3. The van der Waals surface area contributed by atoms with Gasteiger partial charge in [0.25, 0.3) is 0 Å². The van der Waals surface area contributed by atoms with Gasteiger partial charge in [-0.3, -0.25) is 0 Å². The maximum Gasteiger partial charge on any atom is 0.191 e. The van der Waals surface area contributed by atoms with Crippen LogP contribution in [0, 0.1) is 6.92 Å². The fourth-order valence-electron chi connectivity index (χ4n) is 1.76. The van der Waals surface area contributed by atoms with E-state index < -0.39 is 0 Å². The minimum absolute atomic E-state index is 0.0825. The molecule has 0 aliphatic heterocycles. The van der Waals surface area contributed by atoms with E-state index in [0.717, 1.165) is 17.9 Å². The zero-order chi connectivity index (χ0) is 14.8. The Bertz CT molecular complexity index is 433. The summed E-state index contributed by atoms with van der Waals surface area (Å²) in [5, 5.41) is 15.0. The van der Waals surface area contributed by atoms with Crippen LogP contribution in [-0.2, 0) is 6.54 Å². The molecule has 0 bridgehead atoms. The Morgan fingerprint density at radius 1 is 1.30 bits per heavy atom. The number of aliphatic imine (C=N–C) groups is 1. The van der Waals surface area contributed by atoms with Crippen LogP contribution in [0.3, 0.4) is 0 Å². The summed E-state index contributed by atoms with van der Waals surface area (Å²) < 4.78 is 5.64. The van der Waals surface area contributed by atoms with Crippen molar-refractivity contribution in [3.05, 3.63) is 29.3 Å². The highest BCUT2D eigenvalue weighted by molar-refractivity contribution is 5.79. The number of nitrogens with zero attached hydrogens (tertiary/aromatic N) is 1. The molecular weight excluding hydrogens is 254 g/mol. The number of guanidine groups is 1. The predicted molar refractivity (Wildman–Crippen MR) is 82.3 cm³/mol. The van der Waals surface area contributed by atoms with Gasteiger partial charge in [0.05, 0.1) is 19.8 Å². The third kappa shape index (κ3) is 5.48. The molecule has 0 heterocycles. The Balaban J connectivity index is 2.78. The Kier molecular flexibility index (Phi) is 7.50. The summed E-state index contributed by atoms with van der Waals surface area (Å²) in [6.07, 6.45) is 0. The molecule has 0 aliphatic carbocycles. The van der Waals surface area contributed by atoms with Gasteiger partial charge >= 0.3 is 0 Å². The second-order valence-corrected chi connectivity index (χ2v) is 4.39. The molecule has 0 saturated carbocycles. The van der Waals surface area contributed by atoms with Gasteiger partial charge in [-0.1, -0.05) is 12.1 Å². The van der Waals surface area contributed by atoms with E-state index in [-0.39, 0.29) is 6.61 Å². The summed E-state index contributed by atoms with van der Waals surface area (Å²) in [7, 11) is 0. The van der Waals surface area contributed by atoms with Crippen molar-refractivity contribution in [1.29, 1.82) is 0 Å². The van der Waals surface area contributed by atoms with E-state index in [4.69, 9.17) is 9.84 Å². The molecule has 3 N–H and O–H groups in total. The van der Waals surface area contributed by atoms with Crippen molar-refractivity contribution in [2.75, 3.05) is 26.3 Å². The predicted octanol–water partition coefficient (Wildman–Crippen LogP) is 1.44. The highest BCUT2D eigenvalue weighted by Gasteiger charge is 2.04. The van der Waals surface area contributed by atoms with Crippen LogP contribution in [-0.4, -0.2) is 37.4 Å². The van der Waals surface area contributed by atoms with E-state index in [2.05, 4.69) is 21.7 Å². The maximum absolute atomic E-state index is 8.85. The van der Waals surface area contributed by atoms with Gasteiger partial charge in [0.2, 0.25) is 0 Å². The first-order chi connectivity index (χ1) is 9.71. The zero-order valence-corrected chi connectivity index (χ0v) is 12.6. The van der Waals surface area contributed by atoms with E-state index in [1.165, 1.54) is 5.56 Å². The summed E-state index contributed by atoms with van der Waals surface area (Å²) in [5.74, 6) is 1.58. The molecule has 1 rings (SSSR count). The molecule has 0 aromatic heterocycles. The topological polar surface area (TPSA) is 65.9 Å². The van der Waals surface area contributed by atoms with Crippen LogP contribution in [0.2, 0.25) is 0 Å². The SMILES string of the molecule is CCNC(=NCc1ccc(C)cc1OCC)NCCO. The first-order valence-corrected chi connectivity index (χ1v) is 7.06. The highest BCUT2D eigenvalue weighted by Crippen LogP contribution is 2.21. The van der Waals surface area contributed by atoms with E-state index in [1.807, 2.05) is 32.9 Å². The van der Waals surface area contributed by atoms with E-state index >= 15 is 0 Å². The number of aliphatic hydroxyl groups excluding tert-OH is 1. The molecule has 20 heavy (non-hydrogen) atoms. The van der Waals surface area contributed by atoms with Crippen LogP contribution in [0.25, 0.3) is 0 Å². The van der Waals surface area contributed by atoms with Gasteiger partial charge in [-0.25, -0.2) is 4.99 Å². The summed E-state index contributed by atoms with van der Waals surface area (Å²) in [5.41, 5.74) is 2.23. The molecule has 5 heteroatoms.